The van der Waals surface area contributed by atoms with Gasteiger partial charge >= 0.3 is 0 Å². The Morgan fingerprint density at radius 2 is 0.878 bits per heavy atom. The number of halogens is 1. The van der Waals surface area contributed by atoms with Crippen molar-refractivity contribution < 1.29 is 0 Å². The Morgan fingerprint density at radius 1 is 0.415 bits per heavy atom. The highest BCUT2D eigenvalue weighted by Crippen LogP contribution is 2.48. The van der Waals surface area contributed by atoms with Gasteiger partial charge < -0.3 is 4.90 Å². The molecule has 194 valence electrons. The third-order valence-electron chi connectivity index (χ3n) is 7.90. The summed E-state index contributed by atoms with van der Waals surface area (Å²) in [6.45, 7) is 0. The summed E-state index contributed by atoms with van der Waals surface area (Å²) >= 11 is 9.48. The zero-order chi connectivity index (χ0) is 27.1. The molecule has 0 atom stereocenters. The van der Waals surface area contributed by atoms with Crippen LogP contribution in [0.25, 0.3) is 60.5 Å². The number of fused-ring (bicyclic) bond motifs is 9. The molecule has 0 saturated carbocycles. The molecule has 0 fully saturated rings. The van der Waals surface area contributed by atoms with Crippen LogP contribution >= 0.6 is 49.9 Å². The highest BCUT2D eigenvalue weighted by Gasteiger charge is 2.21. The monoisotopic (exact) mass is 641 g/mol. The standard InChI is InChI=1S/C36H20BrNS3/c37-21-17-29-26-9-3-6-12-33(26)41-36(29)30(18-21)38(22-13-15-34-27(19-22)24-7-1-4-10-31(24)39-34)23-14-16-35-28(20-23)25-8-2-5-11-32(25)40-35/h1-20H. The predicted octanol–water partition coefficient (Wildman–Crippen LogP) is 13.0. The van der Waals surface area contributed by atoms with E-state index in [0.29, 0.717) is 0 Å². The number of rotatable bonds is 3. The second-order valence-corrected chi connectivity index (χ2v) is 14.4. The normalized spacial score (nSPS) is 12.0. The zero-order valence-electron chi connectivity index (χ0n) is 21.6. The molecule has 3 aromatic heterocycles. The minimum absolute atomic E-state index is 1.08. The van der Waals surface area contributed by atoms with Gasteiger partial charge in [0.05, 0.1) is 10.4 Å². The topological polar surface area (TPSA) is 3.24 Å². The fourth-order valence-electron chi connectivity index (χ4n) is 6.07. The largest absolute Gasteiger partial charge is 0.309 e. The van der Waals surface area contributed by atoms with Crippen LogP contribution in [0.3, 0.4) is 0 Å². The number of nitrogens with zero attached hydrogens (tertiary/aromatic N) is 1. The first-order valence-corrected chi connectivity index (χ1v) is 16.7. The first-order chi connectivity index (χ1) is 20.2. The van der Waals surface area contributed by atoms with Gasteiger partial charge in [-0.3, -0.25) is 0 Å². The molecule has 1 nitrogen and oxygen atoms in total. The van der Waals surface area contributed by atoms with Gasteiger partial charge in [0.15, 0.2) is 0 Å². The minimum atomic E-state index is 1.08. The van der Waals surface area contributed by atoms with E-state index in [1.165, 1.54) is 66.2 Å². The molecule has 0 aliphatic heterocycles. The smallest absolute Gasteiger partial charge is 0.0651 e. The second kappa shape index (κ2) is 9.13. The average Bonchev–Trinajstić information content (AvgIpc) is 3.68. The SMILES string of the molecule is Brc1cc(N(c2ccc3sc4ccccc4c3c2)c2ccc3sc4ccccc4c3c2)c2sc3ccccc3c2c1. The van der Waals surface area contributed by atoms with E-state index >= 15 is 0 Å². The van der Waals surface area contributed by atoms with Crippen LogP contribution in [0.5, 0.6) is 0 Å². The van der Waals surface area contributed by atoms with Crippen LogP contribution in [-0.2, 0) is 0 Å². The maximum absolute atomic E-state index is 3.88. The third kappa shape index (κ3) is 3.70. The molecule has 5 heteroatoms. The summed E-state index contributed by atoms with van der Waals surface area (Å²) in [4.78, 5) is 2.46. The van der Waals surface area contributed by atoms with Gasteiger partial charge in [0.1, 0.15) is 0 Å². The highest BCUT2D eigenvalue weighted by molar-refractivity contribution is 9.10. The lowest BCUT2D eigenvalue weighted by Crippen LogP contribution is -2.10. The molecule has 9 rings (SSSR count). The van der Waals surface area contributed by atoms with Crippen molar-refractivity contribution in [2.75, 3.05) is 4.90 Å². The molecule has 0 spiro atoms. The summed E-state index contributed by atoms with van der Waals surface area (Å²) in [5.74, 6) is 0. The van der Waals surface area contributed by atoms with Gasteiger partial charge in [-0.05, 0) is 66.7 Å². The molecule has 0 radical (unpaired) electrons. The first kappa shape index (κ1) is 23.9. The fraction of sp³-hybridized carbons (Fsp3) is 0. The number of hydrogen-bond donors (Lipinski definition) is 0. The molecule has 0 aliphatic rings. The van der Waals surface area contributed by atoms with Crippen molar-refractivity contribution in [1.82, 2.24) is 0 Å². The molecule has 0 amide bonds. The Kier molecular flexibility index (Phi) is 5.33. The van der Waals surface area contributed by atoms with Crippen LogP contribution in [-0.4, -0.2) is 0 Å². The van der Waals surface area contributed by atoms with E-state index in [9.17, 15) is 0 Å². The molecule has 0 unspecified atom stereocenters. The van der Waals surface area contributed by atoms with Crippen LogP contribution in [0.2, 0.25) is 0 Å². The quantitative estimate of drug-likeness (QED) is 0.185. The zero-order valence-corrected chi connectivity index (χ0v) is 25.6. The fourth-order valence-corrected chi connectivity index (χ4v) is 9.88. The molecule has 0 aliphatic carbocycles. The number of thiophene rings is 3. The van der Waals surface area contributed by atoms with Gasteiger partial charge in [-0.25, -0.2) is 0 Å². The molecule has 9 aromatic rings. The van der Waals surface area contributed by atoms with Gasteiger partial charge in [0, 0.05) is 71.7 Å². The third-order valence-corrected chi connectivity index (χ3v) is 11.9. The Hall–Kier alpha value is -3.74. The summed E-state index contributed by atoms with van der Waals surface area (Å²) in [5, 5.41) is 7.82. The number of hydrogen-bond acceptors (Lipinski definition) is 4. The van der Waals surface area contributed by atoms with E-state index in [1.807, 2.05) is 34.0 Å². The molecule has 3 heterocycles. The Bertz CT molecular complexity index is 2350. The summed E-state index contributed by atoms with van der Waals surface area (Å²) in [7, 11) is 0. The maximum atomic E-state index is 3.88. The van der Waals surface area contributed by atoms with Crippen molar-refractivity contribution >= 4 is 128 Å². The highest BCUT2D eigenvalue weighted by atomic mass is 79.9. The lowest BCUT2D eigenvalue weighted by molar-refractivity contribution is 1.31. The van der Waals surface area contributed by atoms with Crippen molar-refractivity contribution in [3.05, 3.63) is 126 Å². The van der Waals surface area contributed by atoms with Crippen LogP contribution in [0.4, 0.5) is 17.1 Å². The molecule has 41 heavy (non-hydrogen) atoms. The van der Waals surface area contributed by atoms with Crippen molar-refractivity contribution in [1.29, 1.82) is 0 Å². The first-order valence-electron chi connectivity index (χ1n) is 13.4. The molecule has 0 bridgehead atoms. The van der Waals surface area contributed by atoms with E-state index in [1.54, 1.807) is 0 Å². The Balaban J connectivity index is 1.37. The van der Waals surface area contributed by atoms with Crippen molar-refractivity contribution in [3.8, 4) is 0 Å². The lowest BCUT2D eigenvalue weighted by Gasteiger charge is -2.26. The van der Waals surface area contributed by atoms with E-state index in [2.05, 4.69) is 142 Å². The Labute approximate surface area is 256 Å². The van der Waals surface area contributed by atoms with Crippen molar-refractivity contribution in [2.24, 2.45) is 0 Å². The summed E-state index contributed by atoms with van der Waals surface area (Å²) in [6, 6.07) is 44.7. The van der Waals surface area contributed by atoms with Crippen LogP contribution in [0.1, 0.15) is 0 Å². The van der Waals surface area contributed by atoms with Gasteiger partial charge in [0.25, 0.3) is 0 Å². The van der Waals surface area contributed by atoms with Crippen LogP contribution in [0, 0.1) is 0 Å². The number of benzene rings is 6. The molecule has 0 saturated heterocycles. The van der Waals surface area contributed by atoms with Crippen molar-refractivity contribution in [2.45, 2.75) is 0 Å². The summed E-state index contributed by atoms with van der Waals surface area (Å²) < 4.78 is 8.96. The lowest BCUT2D eigenvalue weighted by atomic mass is 10.1. The average molecular weight is 643 g/mol. The Morgan fingerprint density at radius 3 is 1.44 bits per heavy atom. The molecular weight excluding hydrogens is 623 g/mol. The van der Waals surface area contributed by atoms with Gasteiger partial charge in [0.2, 0.25) is 0 Å². The van der Waals surface area contributed by atoms with Crippen LogP contribution in [0.15, 0.2) is 126 Å². The van der Waals surface area contributed by atoms with Gasteiger partial charge in [-0.1, -0.05) is 70.5 Å². The van der Waals surface area contributed by atoms with Gasteiger partial charge in [-0.15, -0.1) is 34.0 Å². The maximum Gasteiger partial charge on any atom is 0.0651 e. The van der Waals surface area contributed by atoms with Gasteiger partial charge in [-0.2, -0.15) is 0 Å². The van der Waals surface area contributed by atoms with Crippen molar-refractivity contribution in [3.63, 3.8) is 0 Å². The van der Waals surface area contributed by atoms with Crippen LogP contribution < -0.4 is 4.90 Å². The molecule has 6 aromatic carbocycles. The van der Waals surface area contributed by atoms with E-state index in [-0.39, 0.29) is 0 Å². The molecular formula is C36H20BrNS3. The number of anilines is 3. The minimum Gasteiger partial charge on any atom is -0.309 e. The van der Waals surface area contributed by atoms with E-state index in [4.69, 9.17) is 0 Å². The van der Waals surface area contributed by atoms with E-state index in [0.717, 1.165) is 15.8 Å². The summed E-state index contributed by atoms with van der Waals surface area (Å²) in [6.07, 6.45) is 0. The van der Waals surface area contributed by atoms with E-state index < -0.39 is 0 Å². The molecule has 0 N–H and O–H groups in total. The summed E-state index contributed by atoms with van der Waals surface area (Å²) in [5.41, 5.74) is 3.52. The second-order valence-electron chi connectivity index (χ2n) is 10.3. The predicted molar refractivity (Wildman–Crippen MR) is 187 cm³/mol.